The summed E-state index contributed by atoms with van der Waals surface area (Å²) in [5.41, 5.74) is 0.379. The molecule has 6 heteroatoms. The van der Waals surface area contributed by atoms with Crippen LogP contribution in [0.1, 0.15) is 30.3 Å². The maximum atomic E-state index is 12.7. The van der Waals surface area contributed by atoms with E-state index in [1.807, 2.05) is 11.8 Å². The van der Waals surface area contributed by atoms with E-state index >= 15 is 0 Å². The fourth-order valence-corrected chi connectivity index (χ4v) is 3.34. The molecule has 0 aromatic carbocycles. The summed E-state index contributed by atoms with van der Waals surface area (Å²) in [6.07, 6.45) is 1.83. The van der Waals surface area contributed by atoms with Crippen molar-refractivity contribution < 1.29 is 14.3 Å². The number of nitrogens with zero attached hydrogens (tertiary/aromatic N) is 2. The fraction of sp³-hybridized carbons (Fsp3) is 0.600. The van der Waals surface area contributed by atoms with Crippen molar-refractivity contribution in [2.24, 2.45) is 0 Å². The molecular formula is C15H19ClN2O3. The van der Waals surface area contributed by atoms with E-state index in [0.717, 1.165) is 19.4 Å². The lowest BCUT2D eigenvalue weighted by atomic mass is 10.0. The van der Waals surface area contributed by atoms with E-state index in [1.165, 1.54) is 0 Å². The van der Waals surface area contributed by atoms with Gasteiger partial charge in [-0.05, 0) is 31.9 Å². The van der Waals surface area contributed by atoms with Gasteiger partial charge >= 0.3 is 0 Å². The van der Waals surface area contributed by atoms with E-state index < -0.39 is 0 Å². The summed E-state index contributed by atoms with van der Waals surface area (Å²) in [6, 6.07) is 5.18. The summed E-state index contributed by atoms with van der Waals surface area (Å²) in [5.74, 6) is -0.0970. The molecule has 0 aliphatic carbocycles. The zero-order valence-corrected chi connectivity index (χ0v) is 12.8. The Morgan fingerprint density at radius 3 is 3.19 bits per heavy atom. The summed E-state index contributed by atoms with van der Waals surface area (Å²) in [7, 11) is 0. The Morgan fingerprint density at radius 2 is 2.43 bits per heavy atom. The normalized spacial score (nSPS) is 28.5. The van der Waals surface area contributed by atoms with E-state index in [1.54, 1.807) is 18.2 Å². The van der Waals surface area contributed by atoms with Crippen LogP contribution < -0.4 is 0 Å². The molecule has 1 amide bonds. The number of carbonyl (C=O) groups is 1. The minimum atomic E-state index is -0.0970. The highest BCUT2D eigenvalue weighted by Crippen LogP contribution is 2.31. The van der Waals surface area contributed by atoms with Crippen molar-refractivity contribution in [3.8, 4) is 0 Å². The van der Waals surface area contributed by atoms with E-state index in [9.17, 15) is 4.79 Å². The van der Waals surface area contributed by atoms with Crippen molar-refractivity contribution in [1.82, 2.24) is 9.88 Å². The van der Waals surface area contributed by atoms with E-state index in [4.69, 9.17) is 21.1 Å². The molecule has 0 N–H and O–H groups in total. The zero-order chi connectivity index (χ0) is 14.8. The van der Waals surface area contributed by atoms with Gasteiger partial charge in [0, 0.05) is 13.2 Å². The predicted octanol–water partition coefficient (Wildman–Crippen LogP) is 2.14. The number of halogens is 1. The van der Waals surface area contributed by atoms with Crippen LogP contribution in [0.4, 0.5) is 0 Å². The number of likely N-dealkylation sites (tertiary alicyclic amines) is 1. The number of pyridine rings is 1. The average Bonchev–Trinajstić information content (AvgIpc) is 2.86. The van der Waals surface area contributed by atoms with Crippen molar-refractivity contribution in [1.29, 1.82) is 0 Å². The SMILES string of the molecule is CCO[C@H]1CN(C(=O)c2cccc(Cl)n2)[C@@H]2CCCO[C@H]12. The quantitative estimate of drug-likeness (QED) is 0.803. The molecule has 1 aromatic heterocycles. The Morgan fingerprint density at radius 1 is 1.57 bits per heavy atom. The second-order valence-corrected chi connectivity index (χ2v) is 5.73. The predicted molar refractivity (Wildman–Crippen MR) is 78.5 cm³/mol. The van der Waals surface area contributed by atoms with Crippen LogP contribution >= 0.6 is 11.6 Å². The molecule has 2 aliphatic rings. The Hall–Kier alpha value is -1.17. The van der Waals surface area contributed by atoms with Gasteiger partial charge in [0.05, 0.1) is 12.6 Å². The summed E-state index contributed by atoms with van der Waals surface area (Å²) in [4.78, 5) is 18.7. The molecule has 2 fully saturated rings. The van der Waals surface area contributed by atoms with Gasteiger partial charge < -0.3 is 14.4 Å². The number of aromatic nitrogens is 1. The molecule has 0 radical (unpaired) electrons. The molecule has 3 rings (SSSR count). The lowest BCUT2D eigenvalue weighted by Gasteiger charge is -2.32. The molecule has 0 saturated carbocycles. The Balaban J connectivity index is 1.82. The average molecular weight is 311 g/mol. The molecule has 21 heavy (non-hydrogen) atoms. The van der Waals surface area contributed by atoms with Crippen LogP contribution in [-0.2, 0) is 9.47 Å². The standard InChI is InChI=1S/C15H19ClN2O3/c1-2-20-12-9-18(11-6-4-8-21-14(11)12)15(19)10-5-3-7-13(16)17-10/h3,5,7,11-12,14H,2,4,6,8-9H2,1H3/t11-,12+,14+/m1/s1. The lowest BCUT2D eigenvalue weighted by molar-refractivity contribution is -0.0737. The van der Waals surface area contributed by atoms with E-state index in [2.05, 4.69) is 4.98 Å². The van der Waals surface area contributed by atoms with Crippen LogP contribution in [0.2, 0.25) is 5.15 Å². The van der Waals surface area contributed by atoms with E-state index in [0.29, 0.717) is 24.0 Å². The molecule has 0 spiro atoms. The summed E-state index contributed by atoms with van der Waals surface area (Å²) in [6.45, 7) is 3.87. The van der Waals surface area contributed by atoms with Crippen molar-refractivity contribution in [3.63, 3.8) is 0 Å². The molecule has 0 bridgehead atoms. The maximum Gasteiger partial charge on any atom is 0.272 e. The minimum absolute atomic E-state index is 0.0261. The van der Waals surface area contributed by atoms with Gasteiger partial charge in [-0.25, -0.2) is 4.98 Å². The lowest BCUT2D eigenvalue weighted by Crippen LogP contribution is -2.44. The summed E-state index contributed by atoms with van der Waals surface area (Å²) < 4.78 is 11.6. The maximum absolute atomic E-state index is 12.7. The second-order valence-electron chi connectivity index (χ2n) is 5.34. The van der Waals surface area contributed by atoms with Gasteiger partial charge in [-0.2, -0.15) is 0 Å². The third-order valence-corrected chi connectivity index (χ3v) is 4.26. The van der Waals surface area contributed by atoms with Crippen LogP contribution in [0.25, 0.3) is 0 Å². The summed E-state index contributed by atoms with van der Waals surface area (Å²) >= 11 is 5.88. The third kappa shape index (κ3) is 2.91. The number of hydrogen-bond acceptors (Lipinski definition) is 4. The molecule has 0 unspecified atom stereocenters. The number of amides is 1. The number of fused-ring (bicyclic) bond motifs is 1. The van der Waals surface area contributed by atoms with Gasteiger partial charge in [-0.3, -0.25) is 4.79 Å². The van der Waals surface area contributed by atoms with Gasteiger partial charge in [-0.15, -0.1) is 0 Å². The van der Waals surface area contributed by atoms with Crippen LogP contribution in [0.15, 0.2) is 18.2 Å². The first-order valence-corrected chi connectivity index (χ1v) is 7.75. The molecule has 5 nitrogen and oxygen atoms in total. The smallest absolute Gasteiger partial charge is 0.272 e. The van der Waals surface area contributed by atoms with Crippen molar-refractivity contribution >= 4 is 17.5 Å². The molecule has 3 atom stereocenters. The molecule has 2 aliphatic heterocycles. The van der Waals surface area contributed by atoms with Crippen LogP contribution in [0.3, 0.4) is 0 Å². The van der Waals surface area contributed by atoms with Gasteiger partial charge in [0.25, 0.3) is 5.91 Å². The monoisotopic (exact) mass is 310 g/mol. The Bertz CT molecular complexity index is 525. The van der Waals surface area contributed by atoms with Gasteiger partial charge in [0.1, 0.15) is 23.1 Å². The molecule has 1 aromatic rings. The van der Waals surface area contributed by atoms with Crippen molar-refractivity contribution in [2.75, 3.05) is 19.8 Å². The second kappa shape index (κ2) is 6.30. The van der Waals surface area contributed by atoms with Crippen LogP contribution in [-0.4, -0.2) is 53.8 Å². The Labute approximate surface area is 129 Å². The highest BCUT2D eigenvalue weighted by molar-refractivity contribution is 6.29. The van der Waals surface area contributed by atoms with Gasteiger partial charge in [-0.1, -0.05) is 17.7 Å². The largest absolute Gasteiger partial charge is 0.374 e. The molecule has 3 heterocycles. The molecular weight excluding hydrogens is 292 g/mol. The topological polar surface area (TPSA) is 51.7 Å². The summed E-state index contributed by atoms with van der Waals surface area (Å²) in [5, 5.41) is 0.331. The Kier molecular flexibility index (Phi) is 4.42. The number of carbonyl (C=O) groups excluding carboxylic acids is 1. The number of hydrogen-bond donors (Lipinski definition) is 0. The minimum Gasteiger partial charge on any atom is -0.374 e. The first-order valence-electron chi connectivity index (χ1n) is 7.37. The zero-order valence-electron chi connectivity index (χ0n) is 12.0. The number of ether oxygens (including phenoxy) is 2. The van der Waals surface area contributed by atoms with Crippen LogP contribution in [0, 0.1) is 0 Å². The van der Waals surface area contributed by atoms with Gasteiger partial charge in [0.2, 0.25) is 0 Å². The third-order valence-electron chi connectivity index (χ3n) is 4.05. The fourth-order valence-electron chi connectivity index (χ4n) is 3.18. The first kappa shape index (κ1) is 14.8. The molecule has 2 saturated heterocycles. The highest BCUT2D eigenvalue weighted by Gasteiger charge is 2.46. The number of rotatable bonds is 3. The van der Waals surface area contributed by atoms with Crippen molar-refractivity contribution in [2.45, 2.75) is 38.0 Å². The highest BCUT2D eigenvalue weighted by atomic mass is 35.5. The first-order chi connectivity index (χ1) is 10.2. The van der Waals surface area contributed by atoms with Gasteiger partial charge in [0.15, 0.2) is 0 Å². The molecule has 114 valence electrons. The van der Waals surface area contributed by atoms with Crippen LogP contribution in [0.5, 0.6) is 0 Å². The van der Waals surface area contributed by atoms with Crippen molar-refractivity contribution in [3.05, 3.63) is 29.0 Å². The van der Waals surface area contributed by atoms with E-state index in [-0.39, 0.29) is 24.2 Å².